The second kappa shape index (κ2) is 6.41. The van der Waals surface area contributed by atoms with Crippen molar-refractivity contribution in [3.63, 3.8) is 0 Å². The lowest BCUT2D eigenvalue weighted by atomic mass is 10.2. The molecular formula is C16H14F2N6O3. The molecule has 11 heteroatoms. The number of halogens is 2. The molecule has 0 aromatic carbocycles. The van der Waals surface area contributed by atoms with E-state index in [1.54, 1.807) is 16.8 Å². The molecule has 1 N–H and O–H groups in total. The normalized spacial score (nSPS) is 13.9. The molecule has 0 radical (unpaired) electrons. The number of nitro groups is 1. The Balaban J connectivity index is 1.76. The van der Waals surface area contributed by atoms with E-state index in [1.165, 1.54) is 13.2 Å². The molecule has 0 unspecified atom stereocenters. The van der Waals surface area contributed by atoms with Crippen LogP contribution in [0.1, 0.15) is 36.6 Å². The summed E-state index contributed by atoms with van der Waals surface area (Å²) in [5.74, 6) is 0.420. The van der Waals surface area contributed by atoms with Crippen molar-refractivity contribution in [2.24, 2.45) is 0 Å². The predicted molar refractivity (Wildman–Crippen MR) is 90.4 cm³/mol. The number of fused-ring (bicyclic) bond motifs is 1. The van der Waals surface area contributed by atoms with Crippen LogP contribution in [0.3, 0.4) is 0 Å². The summed E-state index contributed by atoms with van der Waals surface area (Å²) in [5, 5.41) is 13.5. The maximum Gasteiger partial charge on any atom is 0.387 e. The Labute approximate surface area is 151 Å². The van der Waals surface area contributed by atoms with Gasteiger partial charge in [0, 0.05) is 13.0 Å². The molecule has 0 amide bonds. The zero-order valence-electron chi connectivity index (χ0n) is 14.1. The lowest BCUT2D eigenvalue weighted by Crippen LogP contribution is -2.06. The number of aromatic nitrogens is 4. The van der Waals surface area contributed by atoms with Crippen molar-refractivity contribution in [3.8, 4) is 11.5 Å². The Morgan fingerprint density at radius 3 is 2.70 bits per heavy atom. The summed E-state index contributed by atoms with van der Waals surface area (Å²) in [5.41, 5.74) is -0.397. The third-order valence-electron chi connectivity index (χ3n) is 4.26. The van der Waals surface area contributed by atoms with Crippen LogP contribution in [-0.4, -0.2) is 31.3 Å². The Morgan fingerprint density at radius 1 is 1.30 bits per heavy atom. The topological polar surface area (TPSA) is 107 Å². The minimum Gasteiger partial charge on any atom is -0.450 e. The zero-order valence-corrected chi connectivity index (χ0v) is 14.1. The molecular weight excluding hydrogens is 362 g/mol. The summed E-state index contributed by atoms with van der Waals surface area (Å²) in [6.07, 6.45) is 4.61. The van der Waals surface area contributed by atoms with E-state index in [0.29, 0.717) is 11.6 Å². The van der Waals surface area contributed by atoms with Crippen LogP contribution in [0, 0.1) is 10.1 Å². The quantitative estimate of drug-likeness (QED) is 0.516. The van der Waals surface area contributed by atoms with Gasteiger partial charge in [-0.2, -0.15) is 0 Å². The minimum absolute atomic E-state index is 0.196. The average molecular weight is 376 g/mol. The molecule has 0 saturated heterocycles. The van der Waals surface area contributed by atoms with Crippen molar-refractivity contribution in [1.82, 2.24) is 19.4 Å². The Kier molecular flexibility index (Phi) is 4.05. The van der Waals surface area contributed by atoms with Crippen LogP contribution in [0.15, 0.2) is 24.8 Å². The highest BCUT2D eigenvalue weighted by atomic mass is 19.3. The number of pyridine rings is 1. The van der Waals surface area contributed by atoms with Crippen LogP contribution in [0.5, 0.6) is 11.5 Å². The van der Waals surface area contributed by atoms with E-state index < -0.39 is 22.7 Å². The van der Waals surface area contributed by atoms with Crippen molar-refractivity contribution < 1.29 is 18.4 Å². The van der Waals surface area contributed by atoms with Crippen molar-refractivity contribution in [1.29, 1.82) is 0 Å². The average Bonchev–Trinajstić information content (AvgIpc) is 3.40. The molecule has 0 spiro atoms. The maximum absolute atomic E-state index is 13.6. The van der Waals surface area contributed by atoms with Crippen molar-refractivity contribution in [2.75, 3.05) is 12.4 Å². The van der Waals surface area contributed by atoms with Gasteiger partial charge in [-0.05, 0) is 22.7 Å². The van der Waals surface area contributed by atoms with Crippen LogP contribution in [0.2, 0.25) is 0 Å². The fourth-order valence-electron chi connectivity index (χ4n) is 2.89. The summed E-state index contributed by atoms with van der Waals surface area (Å²) in [4.78, 5) is 22.4. The van der Waals surface area contributed by atoms with Crippen LogP contribution in [-0.2, 0) is 0 Å². The van der Waals surface area contributed by atoms with Gasteiger partial charge in [-0.25, -0.2) is 18.7 Å². The minimum atomic E-state index is -3.00. The number of ether oxygens (including phenoxy) is 1. The van der Waals surface area contributed by atoms with Gasteiger partial charge in [0.25, 0.3) is 6.43 Å². The van der Waals surface area contributed by atoms with E-state index in [9.17, 15) is 18.9 Å². The van der Waals surface area contributed by atoms with Crippen molar-refractivity contribution >= 4 is 17.2 Å². The van der Waals surface area contributed by atoms with E-state index in [2.05, 4.69) is 20.3 Å². The van der Waals surface area contributed by atoms with Crippen molar-refractivity contribution in [3.05, 3.63) is 46.3 Å². The van der Waals surface area contributed by atoms with E-state index in [-0.39, 0.29) is 17.2 Å². The first kappa shape index (κ1) is 17.1. The van der Waals surface area contributed by atoms with Gasteiger partial charge < -0.3 is 20.2 Å². The Bertz CT molecular complexity index is 1030. The fraction of sp³-hybridized carbons (Fsp3) is 0.312. The summed E-state index contributed by atoms with van der Waals surface area (Å²) in [7, 11) is 1.31. The molecule has 3 aromatic rings. The standard InChI is InChI=1S/C16H14F2N6O3/c1-19-13-12(14(17)18)10(5-21-16(13)24(25)26)27-9-4-20-11-6-22-15(8-2-3-8)23(11)7-9/h4-8,14,19H,2-3H2,1H3. The SMILES string of the molecule is CNc1c([N+](=O)[O-])ncc(Oc2cnc3cnc(C4CC4)n3c2)c1C(F)F. The van der Waals surface area contributed by atoms with E-state index in [1.807, 2.05) is 0 Å². The Hall–Kier alpha value is -3.37. The number of alkyl halides is 2. The van der Waals surface area contributed by atoms with Gasteiger partial charge in [-0.1, -0.05) is 0 Å². The number of imidazole rings is 1. The number of rotatable bonds is 6. The van der Waals surface area contributed by atoms with Gasteiger partial charge in [-0.3, -0.25) is 4.40 Å². The first-order valence-corrected chi connectivity index (χ1v) is 8.13. The van der Waals surface area contributed by atoms with Gasteiger partial charge in [0.2, 0.25) is 0 Å². The predicted octanol–water partition coefficient (Wildman–Crippen LogP) is 3.68. The summed E-state index contributed by atoms with van der Waals surface area (Å²) < 4.78 is 34.5. The first-order chi connectivity index (χ1) is 13.0. The number of hydrogen-bond acceptors (Lipinski definition) is 7. The second-order valence-electron chi connectivity index (χ2n) is 6.05. The fourth-order valence-corrected chi connectivity index (χ4v) is 2.89. The molecule has 4 rings (SSSR count). The summed E-state index contributed by atoms with van der Waals surface area (Å²) in [6.45, 7) is 0. The molecule has 9 nitrogen and oxygen atoms in total. The molecule has 140 valence electrons. The molecule has 0 atom stereocenters. The molecule has 1 aliphatic rings. The highest BCUT2D eigenvalue weighted by Crippen LogP contribution is 2.42. The highest BCUT2D eigenvalue weighted by Gasteiger charge is 2.30. The largest absolute Gasteiger partial charge is 0.450 e. The van der Waals surface area contributed by atoms with E-state index in [4.69, 9.17) is 4.74 Å². The smallest absolute Gasteiger partial charge is 0.387 e. The first-order valence-electron chi connectivity index (χ1n) is 8.13. The van der Waals surface area contributed by atoms with Crippen LogP contribution >= 0.6 is 0 Å². The molecule has 0 aliphatic heterocycles. The van der Waals surface area contributed by atoms with Crippen LogP contribution < -0.4 is 10.1 Å². The maximum atomic E-state index is 13.6. The van der Waals surface area contributed by atoms with E-state index in [0.717, 1.165) is 24.9 Å². The highest BCUT2D eigenvalue weighted by molar-refractivity contribution is 5.67. The molecule has 1 saturated carbocycles. The third-order valence-corrected chi connectivity index (χ3v) is 4.26. The number of nitrogens with zero attached hydrogens (tertiary/aromatic N) is 5. The molecule has 3 aromatic heterocycles. The monoisotopic (exact) mass is 376 g/mol. The zero-order chi connectivity index (χ0) is 19.1. The molecule has 1 fully saturated rings. The Morgan fingerprint density at radius 2 is 2.07 bits per heavy atom. The third kappa shape index (κ3) is 3.00. The van der Waals surface area contributed by atoms with Gasteiger partial charge in [0.1, 0.15) is 11.5 Å². The van der Waals surface area contributed by atoms with Gasteiger partial charge in [-0.15, -0.1) is 0 Å². The van der Waals surface area contributed by atoms with E-state index >= 15 is 0 Å². The van der Waals surface area contributed by atoms with Gasteiger partial charge >= 0.3 is 5.82 Å². The molecule has 27 heavy (non-hydrogen) atoms. The lowest BCUT2D eigenvalue weighted by molar-refractivity contribution is -0.388. The van der Waals surface area contributed by atoms with Gasteiger partial charge in [0.05, 0.1) is 24.2 Å². The molecule has 1 aliphatic carbocycles. The van der Waals surface area contributed by atoms with Crippen molar-refractivity contribution in [2.45, 2.75) is 25.2 Å². The summed E-state index contributed by atoms with van der Waals surface area (Å²) in [6, 6.07) is 0. The lowest BCUT2D eigenvalue weighted by Gasteiger charge is -2.13. The van der Waals surface area contributed by atoms with Gasteiger partial charge in [0.15, 0.2) is 23.3 Å². The number of hydrogen-bond donors (Lipinski definition) is 1. The number of anilines is 1. The molecule has 3 heterocycles. The number of nitrogens with one attached hydrogen (secondary N) is 1. The summed E-state index contributed by atoms with van der Waals surface area (Å²) >= 11 is 0. The van der Waals surface area contributed by atoms with Crippen LogP contribution in [0.4, 0.5) is 20.3 Å². The van der Waals surface area contributed by atoms with Crippen LogP contribution in [0.25, 0.3) is 5.65 Å². The molecule has 0 bridgehead atoms. The second-order valence-corrected chi connectivity index (χ2v) is 6.05.